The van der Waals surface area contributed by atoms with Crippen LogP contribution in [0.4, 0.5) is 13.2 Å². The van der Waals surface area contributed by atoms with Gasteiger partial charge in [-0.1, -0.05) is 31.0 Å². The Labute approximate surface area is 168 Å². The fourth-order valence-electron chi connectivity index (χ4n) is 3.68. The van der Waals surface area contributed by atoms with Crippen molar-refractivity contribution in [2.24, 2.45) is 5.92 Å². The van der Waals surface area contributed by atoms with Crippen LogP contribution in [0, 0.1) is 12.8 Å². The van der Waals surface area contributed by atoms with E-state index >= 15 is 0 Å². The van der Waals surface area contributed by atoms with Gasteiger partial charge < -0.3 is 10.2 Å². The zero-order valence-electron chi connectivity index (χ0n) is 16.8. The number of carbonyl (C=O) groups excluding carboxylic acids is 1. The van der Waals surface area contributed by atoms with E-state index < -0.39 is 23.3 Å². The molecular weight excluding hydrogens is 381 g/mol. The molecule has 1 N–H and O–H groups in total. The number of hydrogen-bond donors (Lipinski definition) is 1. The van der Waals surface area contributed by atoms with E-state index in [0.29, 0.717) is 6.54 Å². The Bertz CT molecular complexity index is 823. The minimum atomic E-state index is -4.70. The molecule has 1 aliphatic heterocycles. The summed E-state index contributed by atoms with van der Waals surface area (Å²) in [6.45, 7) is 7.08. The maximum atomic E-state index is 13.7. The summed E-state index contributed by atoms with van der Waals surface area (Å²) in [5, 5.41) is 6.51. The first kappa shape index (κ1) is 21.4. The van der Waals surface area contributed by atoms with Gasteiger partial charge in [-0.3, -0.25) is 4.79 Å². The van der Waals surface area contributed by atoms with E-state index in [-0.39, 0.29) is 11.6 Å². The van der Waals surface area contributed by atoms with E-state index in [1.54, 1.807) is 24.3 Å². The molecular formula is C21H27F3N4O. The zero-order chi connectivity index (χ0) is 21.0. The Kier molecular flexibility index (Phi) is 6.62. The highest BCUT2D eigenvalue weighted by Crippen LogP contribution is 2.33. The standard InChI is InChI=1S/C21H27F3N4O/c1-15-6-8-17(9-7-15)28-19(21(22,23)24)18(13-26-28)20(29)25-12-16(2)14-27-10-4-3-5-11-27/h6-9,13,16H,3-5,10-12,14H2,1-2H3,(H,25,29). The number of benzene rings is 1. The molecule has 1 saturated heterocycles. The second-order valence-corrected chi connectivity index (χ2v) is 7.83. The van der Waals surface area contributed by atoms with Crippen molar-refractivity contribution in [2.75, 3.05) is 26.2 Å². The highest BCUT2D eigenvalue weighted by Gasteiger charge is 2.40. The lowest BCUT2D eigenvalue weighted by molar-refractivity contribution is -0.143. The highest BCUT2D eigenvalue weighted by atomic mass is 19.4. The van der Waals surface area contributed by atoms with Crippen molar-refractivity contribution in [1.82, 2.24) is 20.0 Å². The molecule has 0 saturated carbocycles. The van der Waals surface area contributed by atoms with Gasteiger partial charge in [-0.25, -0.2) is 4.68 Å². The van der Waals surface area contributed by atoms with Crippen molar-refractivity contribution < 1.29 is 18.0 Å². The molecule has 1 unspecified atom stereocenters. The van der Waals surface area contributed by atoms with Crippen molar-refractivity contribution in [2.45, 2.75) is 39.3 Å². The van der Waals surface area contributed by atoms with Crippen LogP contribution >= 0.6 is 0 Å². The molecule has 3 rings (SSSR count). The van der Waals surface area contributed by atoms with Crippen LogP contribution in [0.25, 0.3) is 5.69 Å². The molecule has 5 nitrogen and oxygen atoms in total. The van der Waals surface area contributed by atoms with Gasteiger partial charge in [0.15, 0.2) is 5.69 Å². The van der Waals surface area contributed by atoms with Crippen LogP contribution in [-0.2, 0) is 6.18 Å². The van der Waals surface area contributed by atoms with E-state index in [1.165, 1.54) is 19.3 Å². The number of nitrogens with one attached hydrogen (secondary N) is 1. The summed E-state index contributed by atoms with van der Waals surface area (Å²) < 4.78 is 42.0. The molecule has 0 aliphatic carbocycles. The molecule has 1 amide bonds. The summed E-state index contributed by atoms with van der Waals surface area (Å²) in [7, 11) is 0. The van der Waals surface area contributed by atoms with Crippen LogP contribution in [0.2, 0.25) is 0 Å². The summed E-state index contributed by atoms with van der Waals surface area (Å²) in [5.74, 6) is -0.597. The van der Waals surface area contributed by atoms with Crippen molar-refractivity contribution in [1.29, 1.82) is 0 Å². The van der Waals surface area contributed by atoms with Crippen molar-refractivity contribution in [3.05, 3.63) is 47.3 Å². The number of halogens is 3. The van der Waals surface area contributed by atoms with Crippen LogP contribution in [0.5, 0.6) is 0 Å². The summed E-state index contributed by atoms with van der Waals surface area (Å²) >= 11 is 0. The number of hydrogen-bond acceptors (Lipinski definition) is 3. The first-order valence-corrected chi connectivity index (χ1v) is 9.98. The third kappa shape index (κ3) is 5.38. The predicted octanol–water partition coefficient (Wildman–Crippen LogP) is 4.05. The fraction of sp³-hybridized carbons (Fsp3) is 0.524. The van der Waals surface area contributed by atoms with Gasteiger partial charge >= 0.3 is 6.18 Å². The Morgan fingerprint density at radius 1 is 1.17 bits per heavy atom. The van der Waals surface area contributed by atoms with Crippen LogP contribution in [0.15, 0.2) is 30.5 Å². The lowest BCUT2D eigenvalue weighted by Gasteiger charge is -2.29. The monoisotopic (exact) mass is 408 g/mol. The van der Waals surface area contributed by atoms with E-state index in [9.17, 15) is 18.0 Å². The number of rotatable bonds is 6. The molecule has 1 aliphatic rings. The maximum Gasteiger partial charge on any atom is 0.434 e. The number of aryl methyl sites for hydroxylation is 1. The van der Waals surface area contributed by atoms with Gasteiger partial charge in [0, 0.05) is 13.1 Å². The van der Waals surface area contributed by atoms with Gasteiger partial charge in [0.2, 0.25) is 0 Å². The molecule has 158 valence electrons. The molecule has 0 bridgehead atoms. The van der Waals surface area contributed by atoms with Gasteiger partial charge in [0.05, 0.1) is 17.4 Å². The quantitative estimate of drug-likeness (QED) is 0.785. The number of amides is 1. The average molecular weight is 408 g/mol. The first-order chi connectivity index (χ1) is 13.8. The summed E-state index contributed by atoms with van der Waals surface area (Å²) in [5.41, 5.74) is -0.318. The minimum Gasteiger partial charge on any atom is -0.352 e. The van der Waals surface area contributed by atoms with E-state index in [1.807, 2.05) is 13.8 Å². The Morgan fingerprint density at radius 2 is 1.83 bits per heavy atom. The molecule has 0 spiro atoms. The summed E-state index contributed by atoms with van der Waals surface area (Å²) in [4.78, 5) is 14.9. The Hall–Kier alpha value is -2.35. The highest BCUT2D eigenvalue weighted by molar-refractivity contribution is 5.95. The lowest BCUT2D eigenvalue weighted by atomic mass is 10.1. The molecule has 1 fully saturated rings. The second-order valence-electron chi connectivity index (χ2n) is 7.83. The van der Waals surface area contributed by atoms with Gasteiger partial charge in [0.25, 0.3) is 5.91 Å². The van der Waals surface area contributed by atoms with Crippen molar-refractivity contribution >= 4 is 5.91 Å². The number of carbonyl (C=O) groups is 1. The number of aromatic nitrogens is 2. The van der Waals surface area contributed by atoms with Crippen LogP contribution in [0.1, 0.15) is 47.8 Å². The van der Waals surface area contributed by atoms with Gasteiger partial charge in [-0.15, -0.1) is 0 Å². The molecule has 1 aromatic carbocycles. The number of nitrogens with zero attached hydrogens (tertiary/aromatic N) is 3. The van der Waals surface area contributed by atoms with Crippen LogP contribution < -0.4 is 5.32 Å². The second kappa shape index (κ2) is 8.98. The molecule has 2 aromatic rings. The first-order valence-electron chi connectivity index (χ1n) is 9.98. The number of likely N-dealkylation sites (tertiary alicyclic amines) is 1. The molecule has 0 radical (unpaired) electrons. The van der Waals surface area contributed by atoms with E-state index in [0.717, 1.165) is 36.1 Å². The third-order valence-electron chi connectivity index (χ3n) is 5.19. The zero-order valence-corrected chi connectivity index (χ0v) is 16.8. The van der Waals surface area contributed by atoms with Crippen molar-refractivity contribution in [3.63, 3.8) is 0 Å². The molecule has 1 atom stereocenters. The normalized spacial score (nSPS) is 16.6. The van der Waals surface area contributed by atoms with E-state index in [2.05, 4.69) is 15.3 Å². The van der Waals surface area contributed by atoms with Crippen molar-refractivity contribution in [3.8, 4) is 5.69 Å². The largest absolute Gasteiger partial charge is 0.434 e. The smallest absolute Gasteiger partial charge is 0.352 e. The number of alkyl halides is 3. The van der Waals surface area contributed by atoms with Crippen LogP contribution in [-0.4, -0.2) is 46.8 Å². The Balaban J connectivity index is 1.72. The third-order valence-corrected chi connectivity index (χ3v) is 5.19. The fourth-order valence-corrected chi connectivity index (χ4v) is 3.68. The average Bonchev–Trinajstić information content (AvgIpc) is 3.13. The number of piperidine rings is 1. The van der Waals surface area contributed by atoms with Crippen LogP contribution in [0.3, 0.4) is 0 Å². The summed E-state index contributed by atoms with van der Waals surface area (Å²) in [6.07, 6.45) is -0.119. The topological polar surface area (TPSA) is 50.2 Å². The van der Waals surface area contributed by atoms with Gasteiger partial charge in [-0.2, -0.15) is 18.3 Å². The van der Waals surface area contributed by atoms with E-state index in [4.69, 9.17) is 0 Å². The lowest BCUT2D eigenvalue weighted by Crippen LogP contribution is -2.38. The SMILES string of the molecule is Cc1ccc(-n2ncc(C(=O)NCC(C)CN3CCCCC3)c2C(F)(F)F)cc1. The predicted molar refractivity (Wildman–Crippen MR) is 105 cm³/mol. The molecule has 8 heteroatoms. The Morgan fingerprint density at radius 3 is 2.45 bits per heavy atom. The summed E-state index contributed by atoms with van der Waals surface area (Å²) in [6, 6.07) is 6.53. The molecule has 29 heavy (non-hydrogen) atoms. The maximum absolute atomic E-state index is 13.7. The van der Waals surface area contributed by atoms with Gasteiger partial charge in [-0.05, 0) is 50.9 Å². The minimum absolute atomic E-state index is 0.151. The molecule has 1 aromatic heterocycles. The van der Waals surface area contributed by atoms with Gasteiger partial charge in [0.1, 0.15) is 0 Å². The molecule has 2 heterocycles.